The second-order valence-electron chi connectivity index (χ2n) is 4.51. The first-order valence-electron chi connectivity index (χ1n) is 6.22. The third kappa shape index (κ3) is 2.78. The van der Waals surface area contributed by atoms with Crippen molar-refractivity contribution in [1.82, 2.24) is 15.5 Å². The number of rotatable bonds is 3. The molecule has 2 heterocycles. The minimum absolute atomic E-state index is 0.0159. The molecule has 20 heavy (non-hydrogen) atoms. The second kappa shape index (κ2) is 5.56. The van der Waals surface area contributed by atoms with Crippen LogP contribution in [0, 0.1) is 0 Å². The molecule has 1 fully saturated rings. The average molecular weight is 290 g/mol. The molecule has 4 N–H and O–H groups in total. The number of H-pyrrole nitrogens is 2. The van der Waals surface area contributed by atoms with Crippen LogP contribution in [-0.4, -0.2) is 33.8 Å². The molecule has 1 saturated heterocycles. The number of aromatic nitrogens is 2. The van der Waals surface area contributed by atoms with Crippen LogP contribution in [0.25, 0.3) is 11.3 Å². The van der Waals surface area contributed by atoms with Crippen LogP contribution < -0.4 is 16.2 Å². The summed E-state index contributed by atoms with van der Waals surface area (Å²) in [5, 5.41) is 11.3. The molecule has 0 bridgehead atoms. The third-order valence-corrected chi connectivity index (χ3v) is 4.03. The van der Waals surface area contributed by atoms with Gasteiger partial charge >= 0.3 is 0 Å². The van der Waals surface area contributed by atoms with Crippen molar-refractivity contribution in [1.29, 1.82) is 0 Å². The van der Waals surface area contributed by atoms with E-state index in [2.05, 4.69) is 20.8 Å². The molecule has 0 spiro atoms. The third-order valence-electron chi connectivity index (χ3n) is 3.09. The molecular weight excluding hydrogens is 276 g/mol. The molecular formula is C13H14N4O2S. The first-order valence-corrected chi connectivity index (χ1v) is 7.38. The Kier molecular flexibility index (Phi) is 3.62. The highest BCUT2D eigenvalue weighted by atomic mass is 32.2. The maximum atomic E-state index is 11.9. The van der Waals surface area contributed by atoms with Crippen molar-refractivity contribution in [3.8, 4) is 11.3 Å². The first kappa shape index (κ1) is 13.0. The van der Waals surface area contributed by atoms with Crippen molar-refractivity contribution in [3.05, 3.63) is 40.7 Å². The van der Waals surface area contributed by atoms with Crippen LogP contribution in [0.2, 0.25) is 0 Å². The lowest BCUT2D eigenvalue weighted by atomic mass is 10.1. The van der Waals surface area contributed by atoms with Gasteiger partial charge < -0.3 is 5.32 Å². The zero-order valence-corrected chi connectivity index (χ0v) is 11.4. The fourth-order valence-corrected chi connectivity index (χ4v) is 2.96. The molecule has 7 heteroatoms. The molecule has 0 saturated carbocycles. The Morgan fingerprint density at radius 3 is 2.65 bits per heavy atom. The molecule has 1 aliphatic heterocycles. The van der Waals surface area contributed by atoms with Crippen molar-refractivity contribution in [2.75, 3.05) is 16.9 Å². The van der Waals surface area contributed by atoms with Crippen LogP contribution >= 0.6 is 11.8 Å². The number of anilines is 1. The van der Waals surface area contributed by atoms with Crippen molar-refractivity contribution in [2.24, 2.45) is 0 Å². The van der Waals surface area contributed by atoms with Gasteiger partial charge in [-0.05, 0) is 17.7 Å². The van der Waals surface area contributed by atoms with Gasteiger partial charge in [-0.25, -0.2) is 0 Å². The molecule has 6 nitrogen and oxygen atoms in total. The molecule has 3 rings (SSSR count). The Balaban J connectivity index is 1.69. The van der Waals surface area contributed by atoms with Gasteiger partial charge in [-0.3, -0.25) is 25.1 Å². The van der Waals surface area contributed by atoms with Gasteiger partial charge in [0.1, 0.15) is 0 Å². The van der Waals surface area contributed by atoms with E-state index in [9.17, 15) is 9.59 Å². The fraction of sp³-hybridized carbons (Fsp3) is 0.231. The zero-order valence-electron chi connectivity index (χ0n) is 10.6. The lowest BCUT2D eigenvalue weighted by molar-refractivity contribution is -0.117. The summed E-state index contributed by atoms with van der Waals surface area (Å²) >= 11 is 1.71. The molecule has 1 atom stereocenters. The Labute approximate surface area is 119 Å². The number of nitrogens with one attached hydrogen (secondary N) is 4. The smallest absolute Gasteiger partial charge is 0.264 e. The molecule has 104 valence electrons. The summed E-state index contributed by atoms with van der Waals surface area (Å²) in [6, 6.07) is 8.71. The normalized spacial score (nSPS) is 18.1. The summed E-state index contributed by atoms with van der Waals surface area (Å²) in [5.41, 5.74) is 2.19. The van der Waals surface area contributed by atoms with E-state index in [-0.39, 0.29) is 17.5 Å². The maximum absolute atomic E-state index is 11.9. The summed E-state index contributed by atoms with van der Waals surface area (Å²) in [5.74, 6) is 1.60. The number of thioether (sulfide) groups is 1. The first-order chi connectivity index (χ1) is 9.72. The van der Waals surface area contributed by atoms with E-state index in [0.29, 0.717) is 0 Å². The molecule has 1 unspecified atom stereocenters. The van der Waals surface area contributed by atoms with Crippen LogP contribution in [0.5, 0.6) is 0 Å². The summed E-state index contributed by atoms with van der Waals surface area (Å²) in [6.45, 7) is 0. The van der Waals surface area contributed by atoms with Gasteiger partial charge in [-0.1, -0.05) is 12.1 Å². The predicted molar refractivity (Wildman–Crippen MR) is 79.7 cm³/mol. The molecule has 0 radical (unpaired) electrons. The van der Waals surface area contributed by atoms with Crippen LogP contribution in [0.15, 0.2) is 35.1 Å². The van der Waals surface area contributed by atoms with Crippen molar-refractivity contribution in [2.45, 2.75) is 6.04 Å². The number of carbonyl (C=O) groups excluding carboxylic acids is 1. The van der Waals surface area contributed by atoms with E-state index in [1.807, 2.05) is 24.3 Å². The van der Waals surface area contributed by atoms with E-state index in [1.165, 1.54) is 6.07 Å². The minimum Gasteiger partial charge on any atom is -0.325 e. The van der Waals surface area contributed by atoms with E-state index in [1.54, 1.807) is 11.8 Å². The van der Waals surface area contributed by atoms with Gasteiger partial charge in [-0.15, -0.1) is 11.8 Å². The summed E-state index contributed by atoms with van der Waals surface area (Å²) in [6.07, 6.45) is 0. The number of carbonyl (C=O) groups is 1. The van der Waals surface area contributed by atoms with Crippen LogP contribution in [0.1, 0.15) is 0 Å². The lowest BCUT2D eigenvalue weighted by Gasteiger charge is -2.10. The van der Waals surface area contributed by atoms with E-state index in [4.69, 9.17) is 0 Å². The monoisotopic (exact) mass is 290 g/mol. The van der Waals surface area contributed by atoms with Crippen LogP contribution in [-0.2, 0) is 4.79 Å². The maximum Gasteiger partial charge on any atom is 0.264 e. The largest absolute Gasteiger partial charge is 0.325 e. The number of hydrogen-bond donors (Lipinski definition) is 4. The predicted octanol–water partition coefficient (Wildman–Crippen LogP) is 0.971. The average Bonchev–Trinajstić information content (AvgIpc) is 3.10. The van der Waals surface area contributed by atoms with Crippen LogP contribution in [0.3, 0.4) is 0 Å². The Bertz CT molecular complexity index is 656. The van der Waals surface area contributed by atoms with Gasteiger partial charge in [0, 0.05) is 23.4 Å². The number of amides is 1. The van der Waals surface area contributed by atoms with Gasteiger partial charge in [0.15, 0.2) is 0 Å². The topological polar surface area (TPSA) is 89.8 Å². The van der Waals surface area contributed by atoms with E-state index >= 15 is 0 Å². The fourth-order valence-electron chi connectivity index (χ4n) is 2.01. The summed E-state index contributed by atoms with van der Waals surface area (Å²) in [7, 11) is 0. The molecule has 1 aromatic carbocycles. The standard InChI is InChI=1S/C13H14N4O2S/c18-12-5-10(16-17-12)8-1-3-9(4-2-8)15-13(19)11-6-20-7-14-11/h1-5,11,14H,6-7H2,(H,15,19)(H2,16,17,18). The highest BCUT2D eigenvalue weighted by Gasteiger charge is 2.22. The quantitative estimate of drug-likeness (QED) is 0.678. The molecule has 1 aromatic heterocycles. The number of benzene rings is 1. The second-order valence-corrected chi connectivity index (χ2v) is 5.54. The van der Waals surface area contributed by atoms with Gasteiger partial charge in [0.25, 0.3) is 5.56 Å². The Hall–Kier alpha value is -1.99. The molecule has 2 aromatic rings. The summed E-state index contributed by atoms with van der Waals surface area (Å²) < 4.78 is 0. The zero-order chi connectivity index (χ0) is 13.9. The Morgan fingerprint density at radius 1 is 1.25 bits per heavy atom. The van der Waals surface area contributed by atoms with Crippen molar-refractivity contribution >= 4 is 23.4 Å². The highest BCUT2D eigenvalue weighted by molar-refractivity contribution is 7.99. The van der Waals surface area contributed by atoms with E-state index in [0.717, 1.165) is 28.6 Å². The van der Waals surface area contributed by atoms with Crippen LogP contribution in [0.4, 0.5) is 5.69 Å². The number of aromatic amines is 2. The van der Waals surface area contributed by atoms with E-state index < -0.39 is 0 Å². The SMILES string of the molecule is O=C(Nc1ccc(-c2cc(=O)[nH][nH]2)cc1)C1CSCN1. The summed E-state index contributed by atoms with van der Waals surface area (Å²) in [4.78, 5) is 23.0. The number of hydrogen-bond acceptors (Lipinski definition) is 4. The highest BCUT2D eigenvalue weighted by Crippen LogP contribution is 2.19. The van der Waals surface area contributed by atoms with Crippen molar-refractivity contribution in [3.63, 3.8) is 0 Å². The molecule has 0 aliphatic carbocycles. The van der Waals surface area contributed by atoms with Gasteiger partial charge in [-0.2, -0.15) is 0 Å². The van der Waals surface area contributed by atoms with Gasteiger partial charge in [0.2, 0.25) is 5.91 Å². The molecule has 1 amide bonds. The minimum atomic E-state index is -0.165. The lowest BCUT2D eigenvalue weighted by Crippen LogP contribution is -2.37. The van der Waals surface area contributed by atoms with Crippen molar-refractivity contribution < 1.29 is 4.79 Å². The molecule has 1 aliphatic rings. The Morgan fingerprint density at radius 2 is 2.05 bits per heavy atom. The van der Waals surface area contributed by atoms with Gasteiger partial charge in [0.05, 0.1) is 11.7 Å².